The molecule has 0 saturated heterocycles. The Morgan fingerprint density at radius 3 is 1.93 bits per heavy atom. The standard InChI is InChI=1S/C43H30N2S/c1-27-10-8-11-28(24-27)29-20-22-41-34(25-29)35-26-30(21-23-42(35)46-41)44-38-17-7-4-14-33(38)43-39(44)18-9-19-40(43)45-36-15-5-2-12-31(36)32-13-3-6-16-37(32)45/h2-9,11-27H,10H2,1H3/t27-/m0/s1. The monoisotopic (exact) mass is 606 g/mol. The quantitative estimate of drug-likeness (QED) is 0.189. The van der Waals surface area contributed by atoms with E-state index in [-0.39, 0.29) is 0 Å². The minimum atomic E-state index is 0.573. The van der Waals surface area contributed by atoms with Crippen molar-refractivity contribution in [2.45, 2.75) is 13.3 Å². The topological polar surface area (TPSA) is 9.86 Å². The van der Waals surface area contributed by atoms with Crippen molar-refractivity contribution in [2.75, 3.05) is 0 Å². The van der Waals surface area contributed by atoms with Crippen LogP contribution in [0.1, 0.15) is 18.9 Å². The molecule has 0 amide bonds. The maximum Gasteiger partial charge on any atom is 0.0562 e. The van der Waals surface area contributed by atoms with Crippen LogP contribution in [0.3, 0.4) is 0 Å². The number of thiophene rings is 1. The number of aromatic nitrogens is 2. The SMILES string of the molecule is C[C@@H]1C=C(c2ccc3sc4ccc(-n5c6ccccc6c6c(-n7c8ccccc8c8ccccc87)cccc65)cc4c3c2)C=CC1. The fourth-order valence-corrected chi connectivity index (χ4v) is 8.83. The Morgan fingerprint density at radius 2 is 1.20 bits per heavy atom. The molecule has 0 bridgehead atoms. The summed E-state index contributed by atoms with van der Waals surface area (Å²) in [5, 5.41) is 7.74. The van der Waals surface area contributed by atoms with Crippen molar-refractivity contribution in [3.05, 3.63) is 151 Å². The van der Waals surface area contributed by atoms with Gasteiger partial charge in [0.25, 0.3) is 0 Å². The van der Waals surface area contributed by atoms with Crippen LogP contribution in [-0.2, 0) is 0 Å². The van der Waals surface area contributed by atoms with Gasteiger partial charge in [0.2, 0.25) is 0 Å². The van der Waals surface area contributed by atoms with Gasteiger partial charge in [0.1, 0.15) is 0 Å². The molecule has 1 atom stereocenters. The van der Waals surface area contributed by atoms with E-state index in [1.165, 1.54) is 86.3 Å². The van der Waals surface area contributed by atoms with Gasteiger partial charge in [-0.05, 0) is 84.1 Å². The number of benzene rings is 6. The highest BCUT2D eigenvalue weighted by Gasteiger charge is 2.20. The highest BCUT2D eigenvalue weighted by Crippen LogP contribution is 2.42. The van der Waals surface area contributed by atoms with Gasteiger partial charge in [0.15, 0.2) is 0 Å². The van der Waals surface area contributed by atoms with Crippen LogP contribution in [-0.4, -0.2) is 9.13 Å². The summed E-state index contributed by atoms with van der Waals surface area (Å²) in [6.07, 6.45) is 8.12. The zero-order chi connectivity index (χ0) is 30.4. The number of allylic oxidation sites excluding steroid dienone is 4. The summed E-state index contributed by atoms with van der Waals surface area (Å²) in [4.78, 5) is 0. The van der Waals surface area contributed by atoms with Crippen LogP contribution >= 0.6 is 11.3 Å². The molecule has 1 aliphatic carbocycles. The number of rotatable bonds is 3. The molecule has 0 N–H and O–H groups in total. The number of nitrogens with zero attached hydrogens (tertiary/aromatic N) is 2. The lowest BCUT2D eigenvalue weighted by Gasteiger charge is -2.13. The Bertz CT molecular complexity index is 2690. The predicted octanol–water partition coefficient (Wildman–Crippen LogP) is 12.2. The maximum atomic E-state index is 2.46. The number of para-hydroxylation sites is 3. The van der Waals surface area contributed by atoms with E-state index in [0.29, 0.717) is 5.92 Å². The van der Waals surface area contributed by atoms with Crippen LogP contribution in [0, 0.1) is 5.92 Å². The van der Waals surface area contributed by atoms with Crippen molar-refractivity contribution in [3.8, 4) is 11.4 Å². The summed E-state index contributed by atoms with van der Waals surface area (Å²) in [6.45, 7) is 2.30. The van der Waals surface area contributed by atoms with Crippen LogP contribution in [0.5, 0.6) is 0 Å². The molecular weight excluding hydrogens is 577 g/mol. The largest absolute Gasteiger partial charge is 0.309 e. The van der Waals surface area contributed by atoms with Crippen LogP contribution in [0.4, 0.5) is 0 Å². The average molecular weight is 607 g/mol. The van der Waals surface area contributed by atoms with Crippen LogP contribution in [0.15, 0.2) is 146 Å². The molecule has 3 aromatic heterocycles. The molecule has 46 heavy (non-hydrogen) atoms. The molecule has 10 rings (SSSR count). The zero-order valence-corrected chi connectivity index (χ0v) is 26.3. The van der Waals surface area contributed by atoms with Crippen molar-refractivity contribution in [1.82, 2.24) is 9.13 Å². The van der Waals surface area contributed by atoms with Gasteiger partial charge in [-0.3, -0.25) is 0 Å². The fraction of sp³-hybridized carbons (Fsp3) is 0.0698. The van der Waals surface area contributed by atoms with Gasteiger partial charge in [-0.15, -0.1) is 11.3 Å². The van der Waals surface area contributed by atoms with Crippen LogP contribution < -0.4 is 0 Å². The highest BCUT2D eigenvalue weighted by molar-refractivity contribution is 7.25. The third-order valence-corrected chi connectivity index (χ3v) is 11.0. The van der Waals surface area contributed by atoms with E-state index in [4.69, 9.17) is 0 Å². The maximum absolute atomic E-state index is 2.46. The molecule has 6 aromatic carbocycles. The molecule has 3 heterocycles. The first-order chi connectivity index (χ1) is 22.7. The first-order valence-electron chi connectivity index (χ1n) is 16.1. The number of hydrogen-bond acceptors (Lipinski definition) is 1. The van der Waals surface area contributed by atoms with E-state index < -0.39 is 0 Å². The number of fused-ring (bicyclic) bond motifs is 9. The molecular formula is C43H30N2S. The van der Waals surface area contributed by atoms with Crippen LogP contribution in [0.25, 0.3) is 80.7 Å². The van der Waals surface area contributed by atoms with Crippen molar-refractivity contribution >= 4 is 80.7 Å². The molecule has 0 spiro atoms. The Balaban J connectivity index is 1.24. The molecule has 218 valence electrons. The second-order valence-corrected chi connectivity index (χ2v) is 13.7. The van der Waals surface area contributed by atoms with Crippen molar-refractivity contribution in [2.24, 2.45) is 5.92 Å². The lowest BCUT2D eigenvalue weighted by Crippen LogP contribution is -1.96. The van der Waals surface area contributed by atoms with Gasteiger partial charge >= 0.3 is 0 Å². The molecule has 9 aromatic rings. The third-order valence-electron chi connectivity index (χ3n) is 9.81. The molecule has 0 unspecified atom stereocenters. The highest BCUT2D eigenvalue weighted by atomic mass is 32.1. The molecule has 3 heteroatoms. The predicted molar refractivity (Wildman–Crippen MR) is 199 cm³/mol. The zero-order valence-electron chi connectivity index (χ0n) is 25.4. The summed E-state index contributed by atoms with van der Waals surface area (Å²) in [5.74, 6) is 0.573. The molecule has 2 nitrogen and oxygen atoms in total. The van der Waals surface area contributed by atoms with Crippen molar-refractivity contribution in [3.63, 3.8) is 0 Å². The van der Waals surface area contributed by atoms with E-state index in [2.05, 4.69) is 162 Å². The Kier molecular flexibility index (Phi) is 5.52. The van der Waals surface area contributed by atoms with Crippen molar-refractivity contribution < 1.29 is 0 Å². The molecule has 0 saturated carbocycles. The van der Waals surface area contributed by atoms with E-state index in [0.717, 1.165) is 6.42 Å². The third kappa shape index (κ3) is 3.70. The van der Waals surface area contributed by atoms with Crippen LogP contribution in [0.2, 0.25) is 0 Å². The Morgan fingerprint density at radius 1 is 0.565 bits per heavy atom. The summed E-state index contributed by atoms with van der Waals surface area (Å²) in [7, 11) is 0. The second kappa shape index (κ2) is 9.81. The van der Waals surface area contributed by atoms with E-state index in [9.17, 15) is 0 Å². The minimum Gasteiger partial charge on any atom is -0.309 e. The summed E-state index contributed by atoms with van der Waals surface area (Å²) in [5.41, 5.74) is 9.92. The average Bonchev–Trinajstić information content (AvgIpc) is 3.75. The number of hydrogen-bond donors (Lipinski definition) is 0. The van der Waals surface area contributed by atoms with Crippen molar-refractivity contribution in [1.29, 1.82) is 0 Å². The summed E-state index contributed by atoms with van der Waals surface area (Å²) >= 11 is 1.88. The first-order valence-corrected chi connectivity index (χ1v) is 16.9. The molecule has 0 radical (unpaired) electrons. The van der Waals surface area contributed by atoms with Gasteiger partial charge in [-0.2, -0.15) is 0 Å². The molecule has 0 aliphatic heterocycles. The molecule has 1 aliphatic rings. The minimum absolute atomic E-state index is 0.573. The smallest absolute Gasteiger partial charge is 0.0562 e. The lowest BCUT2D eigenvalue weighted by atomic mass is 9.93. The van der Waals surface area contributed by atoms with Gasteiger partial charge in [-0.1, -0.05) is 91.9 Å². The second-order valence-electron chi connectivity index (χ2n) is 12.6. The lowest BCUT2D eigenvalue weighted by molar-refractivity contribution is 0.740. The Labute approximate surface area is 270 Å². The van der Waals surface area contributed by atoms with Gasteiger partial charge < -0.3 is 9.13 Å². The van der Waals surface area contributed by atoms with E-state index in [1.54, 1.807) is 0 Å². The van der Waals surface area contributed by atoms with Gasteiger partial charge in [-0.25, -0.2) is 0 Å². The summed E-state index contributed by atoms with van der Waals surface area (Å²) < 4.78 is 7.57. The first kappa shape index (κ1) is 25.9. The van der Waals surface area contributed by atoms with Gasteiger partial charge in [0, 0.05) is 47.4 Å². The van der Waals surface area contributed by atoms with E-state index >= 15 is 0 Å². The summed E-state index contributed by atoms with van der Waals surface area (Å²) in [6, 6.07) is 47.2. The van der Waals surface area contributed by atoms with E-state index in [1.807, 2.05) is 11.3 Å². The Hall–Kier alpha value is -5.38. The fourth-order valence-electron chi connectivity index (χ4n) is 7.76. The van der Waals surface area contributed by atoms with Gasteiger partial charge in [0.05, 0.1) is 27.8 Å². The molecule has 0 fully saturated rings. The normalized spacial score (nSPS) is 15.2.